The second kappa shape index (κ2) is 14.9. The third kappa shape index (κ3) is 6.58. The zero-order valence-electron chi connectivity index (χ0n) is 29.9. The fourth-order valence-corrected chi connectivity index (χ4v) is 7.71. The van der Waals surface area contributed by atoms with Crippen molar-refractivity contribution in [1.82, 2.24) is 0 Å². The summed E-state index contributed by atoms with van der Waals surface area (Å²) in [5, 5.41) is 15.9. The van der Waals surface area contributed by atoms with Crippen LogP contribution in [0.3, 0.4) is 0 Å². The van der Waals surface area contributed by atoms with Gasteiger partial charge in [0.25, 0.3) is 0 Å². The molecule has 0 atom stereocenters. The molecule has 0 unspecified atom stereocenters. The molecule has 0 N–H and O–H groups in total. The molecule has 0 nitrogen and oxygen atoms in total. The highest BCUT2D eigenvalue weighted by Crippen LogP contribution is 2.46. The van der Waals surface area contributed by atoms with Gasteiger partial charge in [-0.25, -0.2) is 0 Å². The average Bonchev–Trinajstić information content (AvgIpc) is 3.58. The molecular weight excluding hydrogens is 649 g/mol. The minimum absolute atomic E-state index is 1.31. The van der Waals surface area contributed by atoms with Gasteiger partial charge in [-0.1, -0.05) is 218 Å². The number of hydrogen-bond donors (Lipinski definition) is 0. The van der Waals surface area contributed by atoms with E-state index in [1.807, 2.05) is 0 Å². The van der Waals surface area contributed by atoms with E-state index >= 15 is 0 Å². The second-order valence-corrected chi connectivity index (χ2v) is 13.7. The highest BCUT2D eigenvalue weighted by atomic mass is 14.2. The molecule has 254 valence electrons. The smallest absolute Gasteiger partial charge is 0.00264 e. The van der Waals surface area contributed by atoms with Crippen LogP contribution in [-0.4, -0.2) is 0 Å². The van der Waals surface area contributed by atoms with Crippen molar-refractivity contribution in [3.63, 3.8) is 0 Å². The number of rotatable bonds is 0. The number of fused-ring (bicyclic) bond motifs is 9. The van der Waals surface area contributed by atoms with Gasteiger partial charge in [-0.15, -0.1) is 0 Å². The van der Waals surface area contributed by atoms with E-state index in [2.05, 4.69) is 231 Å². The summed E-state index contributed by atoms with van der Waals surface area (Å²) in [4.78, 5) is 0. The molecule has 0 fully saturated rings. The van der Waals surface area contributed by atoms with Crippen LogP contribution in [0.1, 0.15) is 0 Å². The quantitative estimate of drug-likeness (QED) is 0.110. The van der Waals surface area contributed by atoms with Gasteiger partial charge in [0.15, 0.2) is 0 Å². The molecule has 0 heteroatoms. The zero-order valence-corrected chi connectivity index (χ0v) is 29.9. The third-order valence-electron chi connectivity index (χ3n) is 10.3. The molecular formula is C54H38. The lowest BCUT2D eigenvalue weighted by Gasteiger charge is -2.02. The van der Waals surface area contributed by atoms with Crippen LogP contribution in [0.2, 0.25) is 0 Å². The van der Waals surface area contributed by atoms with Crippen molar-refractivity contribution in [1.29, 1.82) is 0 Å². The first-order valence-corrected chi connectivity index (χ1v) is 18.6. The molecule has 1 aliphatic carbocycles. The number of hydrogen-bond acceptors (Lipinski definition) is 0. The van der Waals surface area contributed by atoms with Gasteiger partial charge in [-0.3, -0.25) is 0 Å². The Balaban J connectivity index is 0.0000000961. The van der Waals surface area contributed by atoms with E-state index in [9.17, 15) is 0 Å². The van der Waals surface area contributed by atoms with Crippen molar-refractivity contribution in [2.75, 3.05) is 0 Å². The molecule has 1 aliphatic rings. The minimum atomic E-state index is 1.31. The van der Waals surface area contributed by atoms with Gasteiger partial charge in [0.2, 0.25) is 0 Å². The number of benzene rings is 11. The Morgan fingerprint density at radius 3 is 0.833 bits per heavy atom. The van der Waals surface area contributed by atoms with Crippen LogP contribution in [0.5, 0.6) is 0 Å². The predicted molar refractivity (Wildman–Crippen MR) is 235 cm³/mol. The summed E-state index contributed by atoms with van der Waals surface area (Å²) in [6.45, 7) is 0. The average molecular weight is 687 g/mol. The Bertz CT molecular complexity index is 2760. The standard InChI is InChI=1S/C16H10.2C14H10.C10H8/c1-2-8-13-12(7-1)14-9-3-5-11-6-4-10-15(13)16(11)14;1-3-7-13-11(5-1)9-10-12-6-2-4-8-14(12)13;1-2-6-12-10-14-8-4-3-7-13(14)9-11(12)5-1;1-2-6-10-8-4-3-7-9(10)5-1/h1-10H;2*1-10H;1-8H. The fraction of sp³-hybridized carbons (Fsp3) is 0. The monoisotopic (exact) mass is 686 g/mol. The van der Waals surface area contributed by atoms with E-state index in [4.69, 9.17) is 0 Å². The Hall–Kier alpha value is -7.02. The molecule has 0 heterocycles. The van der Waals surface area contributed by atoms with E-state index in [1.165, 1.54) is 86.9 Å². The molecule has 0 amide bonds. The molecule has 11 aromatic carbocycles. The van der Waals surface area contributed by atoms with Crippen LogP contribution in [-0.2, 0) is 0 Å². The van der Waals surface area contributed by atoms with Crippen LogP contribution >= 0.6 is 0 Å². The lowest BCUT2D eigenvalue weighted by Crippen LogP contribution is -1.75. The first-order valence-electron chi connectivity index (χ1n) is 18.6. The molecule has 12 rings (SSSR count). The Labute approximate surface area is 316 Å². The van der Waals surface area contributed by atoms with Gasteiger partial charge in [-0.2, -0.15) is 0 Å². The largest absolute Gasteiger partial charge is 0.0616 e. The second-order valence-electron chi connectivity index (χ2n) is 13.7. The van der Waals surface area contributed by atoms with E-state index in [0.29, 0.717) is 0 Å². The summed E-state index contributed by atoms with van der Waals surface area (Å²) < 4.78 is 0. The maximum absolute atomic E-state index is 2.24. The molecule has 0 spiro atoms. The van der Waals surface area contributed by atoms with E-state index in [0.717, 1.165) is 0 Å². The van der Waals surface area contributed by atoms with Crippen molar-refractivity contribution in [2.24, 2.45) is 0 Å². The molecule has 0 radical (unpaired) electrons. The lowest BCUT2D eigenvalue weighted by atomic mass is 10.0. The van der Waals surface area contributed by atoms with Crippen molar-refractivity contribution < 1.29 is 0 Å². The van der Waals surface area contributed by atoms with Crippen LogP contribution in [0.15, 0.2) is 231 Å². The van der Waals surface area contributed by atoms with Crippen LogP contribution in [0.4, 0.5) is 0 Å². The first kappa shape index (κ1) is 32.9. The van der Waals surface area contributed by atoms with Crippen LogP contribution < -0.4 is 0 Å². The van der Waals surface area contributed by atoms with Crippen LogP contribution in [0.25, 0.3) is 86.9 Å². The Kier molecular flexibility index (Phi) is 9.07. The highest BCUT2D eigenvalue weighted by Gasteiger charge is 2.19. The predicted octanol–water partition coefficient (Wildman–Crippen LogP) is 15.3. The van der Waals surface area contributed by atoms with Crippen LogP contribution in [0, 0.1) is 0 Å². The molecule has 0 saturated heterocycles. The maximum Gasteiger partial charge on any atom is -0.00264 e. The summed E-state index contributed by atoms with van der Waals surface area (Å²) in [5.41, 5.74) is 5.50. The minimum Gasteiger partial charge on any atom is -0.0616 e. The SMILES string of the molecule is c1ccc2c(c1)-c1cccc3cccc-2c13.c1ccc2c(c1)ccc1ccccc12.c1ccc2cc3ccccc3cc2c1.c1ccc2ccccc2c1. The third-order valence-corrected chi connectivity index (χ3v) is 10.3. The zero-order chi connectivity index (χ0) is 36.1. The molecule has 0 saturated carbocycles. The van der Waals surface area contributed by atoms with E-state index in [1.54, 1.807) is 0 Å². The fourth-order valence-electron chi connectivity index (χ4n) is 7.71. The summed E-state index contributed by atoms with van der Waals surface area (Å²) in [6.07, 6.45) is 0. The molecule has 11 aromatic rings. The van der Waals surface area contributed by atoms with Gasteiger partial charge in [0, 0.05) is 0 Å². The van der Waals surface area contributed by atoms with Crippen molar-refractivity contribution in [3.8, 4) is 22.3 Å². The van der Waals surface area contributed by atoms with Gasteiger partial charge in [0.05, 0.1) is 0 Å². The van der Waals surface area contributed by atoms with Crippen molar-refractivity contribution >= 4 is 64.6 Å². The highest BCUT2D eigenvalue weighted by molar-refractivity contribution is 6.15. The molecule has 0 aromatic heterocycles. The van der Waals surface area contributed by atoms with Crippen molar-refractivity contribution in [2.45, 2.75) is 0 Å². The maximum atomic E-state index is 2.24. The van der Waals surface area contributed by atoms with Gasteiger partial charge >= 0.3 is 0 Å². The van der Waals surface area contributed by atoms with E-state index < -0.39 is 0 Å². The topological polar surface area (TPSA) is 0 Å². The summed E-state index contributed by atoms with van der Waals surface area (Å²) >= 11 is 0. The van der Waals surface area contributed by atoms with Gasteiger partial charge < -0.3 is 0 Å². The van der Waals surface area contributed by atoms with Crippen molar-refractivity contribution in [3.05, 3.63) is 231 Å². The first-order chi connectivity index (χ1) is 26.8. The summed E-state index contributed by atoms with van der Waals surface area (Å²) in [6, 6.07) is 81.3. The Morgan fingerprint density at radius 2 is 0.444 bits per heavy atom. The van der Waals surface area contributed by atoms with Gasteiger partial charge in [0.1, 0.15) is 0 Å². The molecule has 0 aliphatic heterocycles. The Morgan fingerprint density at radius 1 is 0.167 bits per heavy atom. The van der Waals surface area contributed by atoms with Gasteiger partial charge in [-0.05, 0) is 99.0 Å². The molecule has 0 bridgehead atoms. The summed E-state index contributed by atoms with van der Waals surface area (Å²) in [5.74, 6) is 0. The van der Waals surface area contributed by atoms with E-state index in [-0.39, 0.29) is 0 Å². The molecule has 54 heavy (non-hydrogen) atoms. The normalized spacial score (nSPS) is 11.0. The lowest BCUT2D eigenvalue weighted by molar-refractivity contribution is 1.70. The summed E-state index contributed by atoms with van der Waals surface area (Å²) in [7, 11) is 0.